The smallest absolute Gasteiger partial charge is 0.371 e. The van der Waals surface area contributed by atoms with Crippen molar-refractivity contribution in [2.75, 3.05) is 0 Å². The van der Waals surface area contributed by atoms with Crippen LogP contribution in [0.4, 0.5) is 0 Å². The first-order valence-corrected chi connectivity index (χ1v) is 8.74. The average molecular weight is 341 g/mol. The van der Waals surface area contributed by atoms with E-state index >= 15 is 0 Å². The lowest BCUT2D eigenvalue weighted by Crippen LogP contribution is -2.18. The Morgan fingerprint density at radius 3 is 2.46 bits per heavy atom. The summed E-state index contributed by atoms with van der Waals surface area (Å²) in [7, 11) is -4.03. The maximum Gasteiger partial charge on any atom is 0.380 e. The summed E-state index contributed by atoms with van der Waals surface area (Å²) in [5.74, 6) is 0.159. The topological polar surface area (TPSA) is 98.1 Å². The molecule has 0 bridgehead atoms. The normalized spacial score (nSPS) is 11.4. The summed E-state index contributed by atoms with van der Waals surface area (Å²) in [6.45, 7) is 2.81. The number of hydrogen-bond acceptors (Lipinski definition) is 4. The number of aryl methyl sites for hydroxylation is 1. The summed E-state index contributed by atoms with van der Waals surface area (Å²) in [6, 6.07) is 16.4. The van der Waals surface area contributed by atoms with Crippen LogP contribution in [-0.2, 0) is 16.8 Å². The Morgan fingerprint density at radius 1 is 1.17 bits per heavy atom. The van der Waals surface area contributed by atoms with Gasteiger partial charge in [0, 0.05) is 23.1 Å². The molecule has 0 radical (unpaired) electrons. The summed E-state index contributed by atoms with van der Waals surface area (Å²) >= 11 is 0. The van der Waals surface area contributed by atoms with E-state index in [4.69, 9.17) is 10.4 Å². The highest BCUT2D eigenvalue weighted by Crippen LogP contribution is 2.30. The zero-order valence-corrected chi connectivity index (χ0v) is 13.7. The molecule has 0 amide bonds. The minimum Gasteiger partial charge on any atom is -0.371 e. The molecular formula is C17H15N3O3S. The summed E-state index contributed by atoms with van der Waals surface area (Å²) < 4.78 is 28.7. The molecule has 0 fully saturated rings. The first-order valence-electron chi connectivity index (χ1n) is 7.27. The number of nitrogens with two attached hydrogens (primary N) is 1. The summed E-state index contributed by atoms with van der Waals surface area (Å²) in [5.41, 5.74) is 3.54. The van der Waals surface area contributed by atoms with E-state index in [0.29, 0.717) is 5.56 Å². The number of nitrogens with zero attached hydrogens (tertiary/aromatic N) is 2. The predicted molar refractivity (Wildman–Crippen MR) is 91.5 cm³/mol. The van der Waals surface area contributed by atoms with Gasteiger partial charge in [-0.3, -0.25) is 0 Å². The van der Waals surface area contributed by atoms with Crippen LogP contribution < -0.4 is 9.32 Å². The van der Waals surface area contributed by atoms with Gasteiger partial charge >= 0.3 is 10.3 Å². The van der Waals surface area contributed by atoms with Gasteiger partial charge in [0.25, 0.3) is 0 Å². The molecule has 122 valence electrons. The minimum atomic E-state index is -4.03. The Bertz CT molecular complexity index is 1050. The van der Waals surface area contributed by atoms with Crippen molar-refractivity contribution in [1.82, 2.24) is 4.57 Å². The third kappa shape index (κ3) is 3.11. The van der Waals surface area contributed by atoms with E-state index in [0.717, 1.165) is 28.7 Å². The van der Waals surface area contributed by atoms with Crippen LogP contribution in [0.1, 0.15) is 12.5 Å². The lowest BCUT2D eigenvalue weighted by Gasteiger charge is -2.09. The average Bonchev–Trinajstić information content (AvgIpc) is 2.91. The summed E-state index contributed by atoms with van der Waals surface area (Å²) in [6.07, 6.45) is 0. The maximum atomic E-state index is 11.0. The molecule has 24 heavy (non-hydrogen) atoms. The first-order chi connectivity index (χ1) is 11.4. The van der Waals surface area contributed by atoms with E-state index in [1.165, 1.54) is 0 Å². The minimum absolute atomic E-state index is 0.159. The molecule has 1 aromatic heterocycles. The molecule has 3 rings (SSSR count). The Morgan fingerprint density at radius 2 is 1.88 bits per heavy atom. The van der Waals surface area contributed by atoms with Crippen LogP contribution >= 0.6 is 0 Å². The second-order valence-corrected chi connectivity index (χ2v) is 6.41. The Balaban J connectivity index is 2.07. The largest absolute Gasteiger partial charge is 0.380 e. The van der Waals surface area contributed by atoms with Crippen molar-refractivity contribution >= 4 is 21.2 Å². The van der Waals surface area contributed by atoms with E-state index < -0.39 is 10.3 Å². The second-order valence-electron chi connectivity index (χ2n) is 5.26. The fraction of sp³-hybridized carbons (Fsp3) is 0.118. The Labute approximate surface area is 139 Å². The van der Waals surface area contributed by atoms with Crippen molar-refractivity contribution in [1.29, 1.82) is 5.26 Å². The molecule has 0 aliphatic rings. The molecule has 2 aromatic carbocycles. The molecule has 0 saturated heterocycles. The van der Waals surface area contributed by atoms with E-state index in [1.54, 1.807) is 30.3 Å². The van der Waals surface area contributed by atoms with Gasteiger partial charge in [-0.05, 0) is 61.0 Å². The fourth-order valence-electron chi connectivity index (χ4n) is 2.74. The highest BCUT2D eigenvalue weighted by atomic mass is 32.2. The van der Waals surface area contributed by atoms with Crippen molar-refractivity contribution in [2.45, 2.75) is 13.5 Å². The van der Waals surface area contributed by atoms with E-state index in [2.05, 4.69) is 14.8 Å². The highest BCUT2D eigenvalue weighted by molar-refractivity contribution is 7.84. The maximum absolute atomic E-state index is 11.0. The molecule has 0 spiro atoms. The van der Waals surface area contributed by atoms with Crippen LogP contribution in [0.5, 0.6) is 5.75 Å². The second kappa shape index (κ2) is 6.00. The zero-order valence-electron chi connectivity index (χ0n) is 12.9. The van der Waals surface area contributed by atoms with E-state index in [9.17, 15) is 8.42 Å². The molecule has 0 unspecified atom stereocenters. The molecule has 1 heterocycles. The van der Waals surface area contributed by atoms with Gasteiger partial charge < -0.3 is 8.75 Å². The van der Waals surface area contributed by atoms with Gasteiger partial charge in [-0.25, -0.2) is 0 Å². The highest BCUT2D eigenvalue weighted by Gasteiger charge is 2.11. The molecular weight excluding hydrogens is 326 g/mol. The standard InChI is InChI=1S/C17H15N3O3S/c1-2-20-16-8-3-12(11-18)9-14(16)10-17(20)13-4-6-15(7-5-13)23-24(19,21)22/h3-10H,2H2,1H3,(H2,19,21,22). The first kappa shape index (κ1) is 16.1. The number of fused-ring (bicyclic) bond motifs is 1. The van der Waals surface area contributed by atoms with Gasteiger partial charge in [-0.1, -0.05) is 0 Å². The van der Waals surface area contributed by atoms with Crippen LogP contribution in [0.2, 0.25) is 0 Å². The lowest BCUT2D eigenvalue weighted by atomic mass is 10.1. The van der Waals surface area contributed by atoms with Gasteiger partial charge in [-0.2, -0.15) is 18.8 Å². The van der Waals surface area contributed by atoms with Crippen molar-refractivity contribution in [3.05, 3.63) is 54.1 Å². The van der Waals surface area contributed by atoms with Gasteiger partial charge in [0.2, 0.25) is 0 Å². The summed E-state index contributed by atoms with van der Waals surface area (Å²) in [4.78, 5) is 0. The van der Waals surface area contributed by atoms with Crippen molar-refractivity contribution in [3.63, 3.8) is 0 Å². The molecule has 0 aliphatic carbocycles. The number of hydrogen-bond donors (Lipinski definition) is 1. The van der Waals surface area contributed by atoms with Crippen molar-refractivity contribution < 1.29 is 12.6 Å². The number of benzene rings is 2. The van der Waals surface area contributed by atoms with Crippen LogP contribution in [-0.4, -0.2) is 13.0 Å². The van der Waals surface area contributed by atoms with Crippen LogP contribution in [0.25, 0.3) is 22.2 Å². The van der Waals surface area contributed by atoms with Gasteiger partial charge in [-0.15, -0.1) is 0 Å². The number of aromatic nitrogens is 1. The Hall–Kier alpha value is -2.82. The van der Waals surface area contributed by atoms with Crippen molar-refractivity contribution in [3.8, 4) is 23.1 Å². The third-order valence-electron chi connectivity index (χ3n) is 3.71. The quantitative estimate of drug-likeness (QED) is 0.789. The molecule has 2 N–H and O–H groups in total. The monoisotopic (exact) mass is 341 g/mol. The third-order valence-corrected chi connectivity index (χ3v) is 4.13. The van der Waals surface area contributed by atoms with Crippen LogP contribution in [0.3, 0.4) is 0 Å². The van der Waals surface area contributed by atoms with Gasteiger partial charge in [0.05, 0.1) is 11.6 Å². The predicted octanol–water partition coefficient (Wildman–Crippen LogP) is 2.78. The van der Waals surface area contributed by atoms with Gasteiger partial charge in [0.15, 0.2) is 0 Å². The van der Waals surface area contributed by atoms with Crippen LogP contribution in [0, 0.1) is 11.3 Å². The SMILES string of the molecule is CCn1c(-c2ccc(OS(N)(=O)=O)cc2)cc2cc(C#N)ccc21. The molecule has 0 aliphatic heterocycles. The number of rotatable bonds is 4. The molecule has 0 atom stereocenters. The van der Waals surface area contributed by atoms with E-state index in [1.807, 2.05) is 25.1 Å². The van der Waals surface area contributed by atoms with Crippen LogP contribution in [0.15, 0.2) is 48.5 Å². The lowest BCUT2D eigenvalue weighted by molar-refractivity contribution is 0.488. The molecule has 0 saturated carbocycles. The molecule has 3 aromatic rings. The van der Waals surface area contributed by atoms with E-state index in [-0.39, 0.29) is 5.75 Å². The fourth-order valence-corrected chi connectivity index (χ4v) is 3.12. The number of nitriles is 1. The Kier molecular flexibility index (Phi) is 4.01. The molecule has 7 heteroatoms. The zero-order chi connectivity index (χ0) is 17.3. The summed E-state index contributed by atoms with van der Waals surface area (Å²) in [5, 5.41) is 14.9. The van der Waals surface area contributed by atoms with Gasteiger partial charge in [0.1, 0.15) is 5.75 Å². The molecule has 6 nitrogen and oxygen atoms in total. The van der Waals surface area contributed by atoms with Crippen molar-refractivity contribution in [2.24, 2.45) is 5.14 Å².